The van der Waals surface area contributed by atoms with Crippen molar-refractivity contribution in [2.75, 3.05) is 17.8 Å². The van der Waals surface area contributed by atoms with Gasteiger partial charge in [-0.05, 0) is 26.0 Å². The average Bonchev–Trinajstić information content (AvgIpc) is 2.36. The standard InChI is InChI=1S/C13H15ClN2O2/c1-13(2,9-14)12(17)16-10-4-3-5-11(8-10)18-7-6-15/h3-5,8H,7,9H2,1-2H3,(H,16,17). The Labute approximate surface area is 112 Å². The van der Waals surface area contributed by atoms with E-state index in [9.17, 15) is 4.79 Å². The summed E-state index contributed by atoms with van der Waals surface area (Å²) in [6.07, 6.45) is 0. The van der Waals surface area contributed by atoms with Crippen LogP contribution in [0.3, 0.4) is 0 Å². The molecule has 0 atom stereocenters. The lowest BCUT2D eigenvalue weighted by Gasteiger charge is -2.20. The number of carbonyl (C=O) groups is 1. The molecule has 0 saturated heterocycles. The number of anilines is 1. The van der Waals surface area contributed by atoms with Crippen LogP contribution in [0.2, 0.25) is 0 Å². The van der Waals surface area contributed by atoms with Crippen molar-refractivity contribution in [3.05, 3.63) is 24.3 Å². The highest BCUT2D eigenvalue weighted by molar-refractivity contribution is 6.20. The van der Waals surface area contributed by atoms with Crippen LogP contribution >= 0.6 is 11.6 Å². The zero-order chi connectivity index (χ0) is 13.6. The van der Waals surface area contributed by atoms with Crippen LogP contribution in [0.5, 0.6) is 5.75 Å². The van der Waals surface area contributed by atoms with Gasteiger partial charge >= 0.3 is 0 Å². The lowest BCUT2D eigenvalue weighted by molar-refractivity contribution is -0.122. The fourth-order valence-electron chi connectivity index (χ4n) is 1.14. The molecule has 4 nitrogen and oxygen atoms in total. The fraction of sp³-hybridized carbons (Fsp3) is 0.385. The largest absolute Gasteiger partial charge is 0.479 e. The van der Waals surface area contributed by atoms with Gasteiger partial charge in [0.15, 0.2) is 6.61 Å². The average molecular weight is 267 g/mol. The maximum Gasteiger partial charge on any atom is 0.231 e. The molecule has 1 aromatic rings. The number of nitrogens with one attached hydrogen (secondary N) is 1. The number of carbonyl (C=O) groups excluding carboxylic acids is 1. The van der Waals surface area contributed by atoms with Crippen molar-refractivity contribution < 1.29 is 9.53 Å². The van der Waals surface area contributed by atoms with Gasteiger partial charge in [-0.25, -0.2) is 0 Å². The third kappa shape index (κ3) is 3.94. The summed E-state index contributed by atoms with van der Waals surface area (Å²) < 4.78 is 5.15. The summed E-state index contributed by atoms with van der Waals surface area (Å²) >= 11 is 5.73. The number of alkyl halides is 1. The van der Waals surface area contributed by atoms with Gasteiger partial charge in [-0.2, -0.15) is 5.26 Å². The zero-order valence-electron chi connectivity index (χ0n) is 10.4. The number of nitriles is 1. The SMILES string of the molecule is CC(C)(CCl)C(=O)Nc1cccc(OCC#N)c1. The molecule has 18 heavy (non-hydrogen) atoms. The van der Waals surface area contributed by atoms with E-state index in [1.54, 1.807) is 38.1 Å². The Hall–Kier alpha value is -1.73. The Bertz CT molecular complexity index is 466. The lowest BCUT2D eigenvalue weighted by atomic mass is 9.95. The van der Waals surface area contributed by atoms with E-state index in [0.29, 0.717) is 11.4 Å². The van der Waals surface area contributed by atoms with Crippen molar-refractivity contribution in [1.82, 2.24) is 0 Å². The number of ether oxygens (including phenoxy) is 1. The van der Waals surface area contributed by atoms with Gasteiger partial charge in [-0.1, -0.05) is 6.07 Å². The third-order valence-electron chi connectivity index (χ3n) is 2.34. The van der Waals surface area contributed by atoms with Crippen molar-refractivity contribution in [1.29, 1.82) is 5.26 Å². The van der Waals surface area contributed by atoms with Crippen LogP contribution in [-0.4, -0.2) is 18.4 Å². The topological polar surface area (TPSA) is 62.1 Å². The normalized spacial score (nSPS) is 10.6. The summed E-state index contributed by atoms with van der Waals surface area (Å²) in [6, 6.07) is 8.77. The second kappa shape index (κ2) is 6.27. The lowest BCUT2D eigenvalue weighted by Crippen LogP contribution is -2.32. The molecule has 0 aliphatic heterocycles. The van der Waals surface area contributed by atoms with E-state index in [2.05, 4.69) is 5.32 Å². The molecule has 0 aromatic heterocycles. The summed E-state index contributed by atoms with van der Waals surface area (Å²) in [5, 5.41) is 11.2. The van der Waals surface area contributed by atoms with Crippen molar-refractivity contribution in [3.8, 4) is 11.8 Å². The summed E-state index contributed by atoms with van der Waals surface area (Å²) in [5.41, 5.74) is -0.0148. The van der Waals surface area contributed by atoms with Crippen LogP contribution in [-0.2, 0) is 4.79 Å². The molecule has 0 aliphatic rings. The van der Waals surface area contributed by atoms with Crippen LogP contribution in [0, 0.1) is 16.7 Å². The first-order valence-electron chi connectivity index (χ1n) is 5.47. The number of hydrogen-bond acceptors (Lipinski definition) is 3. The summed E-state index contributed by atoms with van der Waals surface area (Å²) in [4.78, 5) is 11.9. The maximum absolute atomic E-state index is 11.9. The van der Waals surface area contributed by atoms with Gasteiger partial charge in [0.05, 0.1) is 5.41 Å². The zero-order valence-corrected chi connectivity index (χ0v) is 11.1. The summed E-state index contributed by atoms with van der Waals surface area (Å²) in [6.45, 7) is 3.52. The van der Waals surface area contributed by atoms with Gasteiger partial charge in [-0.15, -0.1) is 11.6 Å². The smallest absolute Gasteiger partial charge is 0.231 e. The number of rotatable bonds is 5. The van der Waals surface area contributed by atoms with Gasteiger partial charge in [0.25, 0.3) is 0 Å². The first-order chi connectivity index (χ1) is 8.49. The van der Waals surface area contributed by atoms with Gasteiger partial charge in [0, 0.05) is 17.6 Å². The first kappa shape index (κ1) is 14.3. The first-order valence-corrected chi connectivity index (χ1v) is 6.00. The van der Waals surface area contributed by atoms with E-state index >= 15 is 0 Å². The third-order valence-corrected chi connectivity index (χ3v) is 3.01. The number of halogens is 1. The number of amides is 1. The predicted octanol–water partition coefficient (Wildman–Crippen LogP) is 2.79. The molecular weight excluding hydrogens is 252 g/mol. The van der Waals surface area contributed by atoms with E-state index in [1.165, 1.54) is 0 Å². The van der Waals surface area contributed by atoms with Gasteiger partial charge in [0.1, 0.15) is 11.8 Å². The molecule has 0 spiro atoms. The monoisotopic (exact) mass is 266 g/mol. The van der Waals surface area contributed by atoms with E-state index < -0.39 is 5.41 Å². The molecule has 1 aromatic carbocycles. The second-order valence-electron chi connectivity index (χ2n) is 4.45. The molecule has 0 radical (unpaired) electrons. The van der Waals surface area contributed by atoms with Crippen LogP contribution in [0.4, 0.5) is 5.69 Å². The highest BCUT2D eigenvalue weighted by Crippen LogP contribution is 2.22. The van der Waals surface area contributed by atoms with Crippen LogP contribution in [0.1, 0.15) is 13.8 Å². The van der Waals surface area contributed by atoms with Gasteiger partial charge in [0.2, 0.25) is 5.91 Å². The highest BCUT2D eigenvalue weighted by atomic mass is 35.5. The molecule has 1 rings (SSSR count). The Morgan fingerprint density at radius 2 is 2.28 bits per heavy atom. The molecule has 1 N–H and O–H groups in total. The van der Waals surface area contributed by atoms with Crippen molar-refractivity contribution >= 4 is 23.2 Å². The Morgan fingerprint density at radius 1 is 1.56 bits per heavy atom. The molecule has 0 unspecified atom stereocenters. The number of nitrogens with zero attached hydrogens (tertiary/aromatic N) is 1. The molecule has 0 saturated carbocycles. The van der Waals surface area contributed by atoms with Crippen LogP contribution < -0.4 is 10.1 Å². The van der Waals surface area contributed by atoms with Crippen molar-refractivity contribution in [2.45, 2.75) is 13.8 Å². The van der Waals surface area contributed by atoms with E-state index in [-0.39, 0.29) is 18.4 Å². The van der Waals surface area contributed by atoms with Gasteiger partial charge < -0.3 is 10.1 Å². The van der Waals surface area contributed by atoms with Crippen LogP contribution in [0.25, 0.3) is 0 Å². The number of hydrogen-bond donors (Lipinski definition) is 1. The Kier molecular flexibility index (Phi) is 4.99. The summed E-state index contributed by atoms with van der Waals surface area (Å²) in [5.74, 6) is 0.622. The molecule has 0 aliphatic carbocycles. The minimum atomic E-state index is -0.634. The molecular formula is C13H15ClN2O2. The Morgan fingerprint density at radius 3 is 2.89 bits per heavy atom. The maximum atomic E-state index is 11.9. The van der Waals surface area contributed by atoms with E-state index in [0.717, 1.165) is 0 Å². The Balaban J connectivity index is 2.74. The minimum Gasteiger partial charge on any atom is -0.479 e. The highest BCUT2D eigenvalue weighted by Gasteiger charge is 2.26. The quantitative estimate of drug-likeness (QED) is 0.834. The van der Waals surface area contributed by atoms with Gasteiger partial charge in [-0.3, -0.25) is 4.79 Å². The molecule has 0 bridgehead atoms. The van der Waals surface area contributed by atoms with Crippen molar-refractivity contribution in [3.63, 3.8) is 0 Å². The molecule has 1 amide bonds. The minimum absolute atomic E-state index is 0.0232. The van der Waals surface area contributed by atoms with Crippen LogP contribution in [0.15, 0.2) is 24.3 Å². The number of benzene rings is 1. The van der Waals surface area contributed by atoms with E-state index in [1.807, 2.05) is 6.07 Å². The molecule has 96 valence electrons. The predicted molar refractivity (Wildman–Crippen MR) is 70.7 cm³/mol. The summed E-state index contributed by atoms with van der Waals surface area (Å²) in [7, 11) is 0. The molecule has 5 heteroatoms. The second-order valence-corrected chi connectivity index (χ2v) is 4.71. The van der Waals surface area contributed by atoms with E-state index in [4.69, 9.17) is 21.6 Å². The van der Waals surface area contributed by atoms with Crippen molar-refractivity contribution in [2.24, 2.45) is 5.41 Å². The molecule has 0 fully saturated rings. The molecule has 0 heterocycles. The fourth-order valence-corrected chi connectivity index (χ4v) is 1.26.